The number of amides is 1. The van der Waals surface area contributed by atoms with Crippen LogP contribution in [-0.2, 0) is 4.79 Å². The number of carbonyl (C=O) groups excluding carboxylic acids is 2. The van der Waals surface area contributed by atoms with Gasteiger partial charge in [0.2, 0.25) is 0 Å². The fourth-order valence-electron chi connectivity index (χ4n) is 1.95. The molecule has 2 aromatic carbocycles. The van der Waals surface area contributed by atoms with Crippen LogP contribution in [0.2, 0.25) is 0 Å². The standard InChI is InChI=1S/C17H17N3O3S/c18-16(11-24-19)12-4-6-14(7-5-12)20-17(22)13-2-1-3-15(10-13)23-9-8-21/h1-8,10-11H,9,18-19H2,(H,20,22)/b16-11-. The predicted octanol–water partition coefficient (Wildman–Crippen LogP) is 2.38. The molecule has 0 unspecified atom stereocenters. The molecule has 0 aliphatic heterocycles. The largest absolute Gasteiger partial charge is 0.486 e. The van der Waals surface area contributed by atoms with E-state index in [9.17, 15) is 9.59 Å². The monoisotopic (exact) mass is 343 g/mol. The maximum Gasteiger partial charge on any atom is 0.255 e. The van der Waals surface area contributed by atoms with Crippen LogP contribution >= 0.6 is 11.9 Å². The van der Waals surface area contributed by atoms with Crippen LogP contribution < -0.4 is 20.9 Å². The molecule has 0 spiro atoms. The van der Waals surface area contributed by atoms with Gasteiger partial charge in [-0.15, -0.1) is 0 Å². The van der Waals surface area contributed by atoms with Gasteiger partial charge in [-0.25, -0.2) is 0 Å². The Hall–Kier alpha value is -2.77. The van der Waals surface area contributed by atoms with Crippen LogP contribution in [0.1, 0.15) is 15.9 Å². The third kappa shape index (κ3) is 4.87. The van der Waals surface area contributed by atoms with E-state index in [1.807, 2.05) is 0 Å². The van der Waals surface area contributed by atoms with Crippen LogP contribution in [0.4, 0.5) is 5.69 Å². The van der Waals surface area contributed by atoms with Crippen molar-refractivity contribution in [1.29, 1.82) is 0 Å². The number of ether oxygens (including phenoxy) is 1. The Labute approximate surface area is 144 Å². The highest BCUT2D eigenvalue weighted by Gasteiger charge is 2.07. The van der Waals surface area contributed by atoms with Crippen molar-refractivity contribution in [2.24, 2.45) is 10.9 Å². The van der Waals surface area contributed by atoms with E-state index >= 15 is 0 Å². The van der Waals surface area contributed by atoms with Gasteiger partial charge < -0.3 is 15.8 Å². The molecule has 0 atom stereocenters. The lowest BCUT2D eigenvalue weighted by Gasteiger charge is -2.08. The van der Waals surface area contributed by atoms with E-state index in [-0.39, 0.29) is 12.5 Å². The summed E-state index contributed by atoms with van der Waals surface area (Å²) in [6.07, 6.45) is 0.650. The topological polar surface area (TPSA) is 107 Å². The number of anilines is 1. The van der Waals surface area contributed by atoms with Crippen molar-refractivity contribution in [2.75, 3.05) is 11.9 Å². The average molecular weight is 343 g/mol. The molecule has 0 saturated carbocycles. The first-order chi connectivity index (χ1) is 11.6. The second-order valence-electron chi connectivity index (χ2n) is 4.75. The third-order valence-electron chi connectivity index (χ3n) is 3.09. The first kappa shape index (κ1) is 17.6. The Bertz CT molecular complexity index is 745. The normalized spacial score (nSPS) is 11.0. The van der Waals surface area contributed by atoms with Crippen molar-refractivity contribution >= 4 is 35.5 Å². The first-order valence-electron chi connectivity index (χ1n) is 7.03. The van der Waals surface area contributed by atoms with E-state index in [2.05, 4.69) is 5.32 Å². The maximum absolute atomic E-state index is 12.3. The van der Waals surface area contributed by atoms with E-state index in [1.165, 1.54) is 0 Å². The minimum atomic E-state index is -0.277. The molecule has 0 fully saturated rings. The molecule has 0 aromatic heterocycles. The molecule has 5 N–H and O–H groups in total. The summed E-state index contributed by atoms with van der Waals surface area (Å²) < 4.78 is 5.18. The van der Waals surface area contributed by atoms with E-state index in [0.717, 1.165) is 17.5 Å². The lowest BCUT2D eigenvalue weighted by atomic mass is 10.1. The summed E-state index contributed by atoms with van der Waals surface area (Å²) >= 11 is 1.03. The first-order valence-corrected chi connectivity index (χ1v) is 7.98. The van der Waals surface area contributed by atoms with Crippen molar-refractivity contribution in [3.05, 3.63) is 65.1 Å². The van der Waals surface area contributed by atoms with Gasteiger partial charge in [0.1, 0.15) is 12.4 Å². The molecule has 124 valence electrons. The fraction of sp³-hybridized carbons (Fsp3) is 0.0588. The lowest BCUT2D eigenvalue weighted by molar-refractivity contribution is -0.109. The second-order valence-corrected chi connectivity index (χ2v) is 5.25. The summed E-state index contributed by atoms with van der Waals surface area (Å²) in [4.78, 5) is 22.6. The lowest BCUT2D eigenvalue weighted by Crippen LogP contribution is -2.12. The summed E-state index contributed by atoms with van der Waals surface area (Å²) in [5, 5.41) is 9.77. The summed E-state index contributed by atoms with van der Waals surface area (Å²) in [7, 11) is 0. The molecular formula is C17H17N3O3S. The zero-order valence-electron chi connectivity index (χ0n) is 12.8. The molecule has 0 aliphatic rings. The van der Waals surface area contributed by atoms with Crippen LogP contribution in [0.15, 0.2) is 53.9 Å². The molecule has 24 heavy (non-hydrogen) atoms. The Morgan fingerprint density at radius 2 is 1.92 bits per heavy atom. The van der Waals surface area contributed by atoms with Gasteiger partial charge in [0.05, 0.1) is 0 Å². The van der Waals surface area contributed by atoms with Crippen molar-refractivity contribution < 1.29 is 14.3 Å². The molecule has 0 radical (unpaired) electrons. The van der Waals surface area contributed by atoms with Crippen molar-refractivity contribution in [1.82, 2.24) is 0 Å². The molecule has 2 aromatic rings. The number of benzene rings is 2. The van der Waals surface area contributed by atoms with E-state index in [0.29, 0.717) is 29.0 Å². The Morgan fingerprint density at radius 1 is 1.17 bits per heavy atom. The number of carbonyl (C=O) groups is 2. The zero-order chi connectivity index (χ0) is 17.4. The van der Waals surface area contributed by atoms with Crippen LogP contribution in [0, 0.1) is 0 Å². The van der Waals surface area contributed by atoms with Crippen molar-refractivity contribution in [3.63, 3.8) is 0 Å². The smallest absolute Gasteiger partial charge is 0.255 e. The Morgan fingerprint density at radius 3 is 2.58 bits per heavy atom. The van der Waals surface area contributed by atoms with Crippen molar-refractivity contribution in [2.45, 2.75) is 0 Å². The predicted molar refractivity (Wildman–Crippen MR) is 96.3 cm³/mol. The molecule has 0 saturated heterocycles. The van der Waals surface area contributed by atoms with Gasteiger partial charge >= 0.3 is 0 Å². The number of aldehydes is 1. The molecule has 0 heterocycles. The summed E-state index contributed by atoms with van der Waals surface area (Å²) in [5.74, 6) is 0.183. The molecule has 1 amide bonds. The number of rotatable bonds is 7. The summed E-state index contributed by atoms with van der Waals surface area (Å²) in [6.45, 7) is -0.0530. The number of nitrogens with one attached hydrogen (secondary N) is 1. The van der Waals surface area contributed by atoms with E-state index in [1.54, 1.807) is 53.9 Å². The fourth-order valence-corrected chi connectivity index (χ4v) is 2.23. The van der Waals surface area contributed by atoms with Crippen LogP contribution in [0.5, 0.6) is 5.75 Å². The van der Waals surface area contributed by atoms with Gasteiger partial charge in [-0.05, 0) is 35.9 Å². The quantitative estimate of drug-likeness (QED) is 0.526. The molecule has 0 bridgehead atoms. The average Bonchev–Trinajstić information content (AvgIpc) is 2.61. The zero-order valence-corrected chi connectivity index (χ0v) is 13.6. The molecule has 6 nitrogen and oxygen atoms in total. The molecule has 0 aliphatic carbocycles. The third-order valence-corrected chi connectivity index (χ3v) is 3.48. The highest BCUT2D eigenvalue weighted by atomic mass is 32.2. The van der Waals surface area contributed by atoms with Gasteiger partial charge in [0.15, 0.2) is 6.29 Å². The van der Waals surface area contributed by atoms with Gasteiger partial charge in [-0.1, -0.05) is 30.1 Å². The second kappa shape index (κ2) is 8.76. The molecule has 2 rings (SSSR count). The summed E-state index contributed by atoms with van der Waals surface area (Å²) in [5.41, 5.74) is 8.28. The van der Waals surface area contributed by atoms with Gasteiger partial charge in [-0.3, -0.25) is 14.7 Å². The van der Waals surface area contributed by atoms with Crippen molar-refractivity contribution in [3.8, 4) is 5.75 Å². The van der Waals surface area contributed by atoms with E-state index < -0.39 is 0 Å². The highest BCUT2D eigenvalue weighted by Crippen LogP contribution is 2.18. The van der Waals surface area contributed by atoms with Gasteiger partial charge in [0.25, 0.3) is 5.91 Å². The van der Waals surface area contributed by atoms with Crippen LogP contribution in [0.3, 0.4) is 0 Å². The van der Waals surface area contributed by atoms with Crippen LogP contribution in [0.25, 0.3) is 5.70 Å². The summed E-state index contributed by atoms with van der Waals surface area (Å²) in [6, 6.07) is 13.7. The SMILES string of the molecule is NS/C=C(\N)c1ccc(NC(=O)c2cccc(OCC=O)c2)cc1. The van der Waals surface area contributed by atoms with Gasteiger partial charge in [-0.2, -0.15) is 0 Å². The molecular weight excluding hydrogens is 326 g/mol. The minimum Gasteiger partial charge on any atom is -0.486 e. The number of nitrogens with two attached hydrogens (primary N) is 2. The number of hydrogen-bond acceptors (Lipinski definition) is 6. The maximum atomic E-state index is 12.3. The van der Waals surface area contributed by atoms with Gasteiger partial charge in [0, 0.05) is 22.4 Å². The molecule has 7 heteroatoms. The highest BCUT2D eigenvalue weighted by molar-refractivity contribution is 8.00. The van der Waals surface area contributed by atoms with Crippen LogP contribution in [-0.4, -0.2) is 18.8 Å². The number of hydrogen-bond donors (Lipinski definition) is 3. The Kier molecular flexibility index (Phi) is 6.41. The van der Waals surface area contributed by atoms with E-state index in [4.69, 9.17) is 15.6 Å². The Balaban J connectivity index is 2.06. The minimum absolute atomic E-state index is 0.0530.